The Morgan fingerprint density at radius 3 is 2.11 bits per heavy atom. The van der Waals surface area contributed by atoms with E-state index >= 15 is 0 Å². The van der Waals surface area contributed by atoms with Crippen molar-refractivity contribution in [3.05, 3.63) is 0 Å². The normalized spacial score (nSPS) is 15.7. The van der Waals surface area contributed by atoms with Crippen molar-refractivity contribution in [1.29, 1.82) is 0 Å². The molecule has 0 aliphatic heterocycles. The van der Waals surface area contributed by atoms with Gasteiger partial charge in [-0.05, 0) is 18.5 Å². The van der Waals surface area contributed by atoms with Gasteiger partial charge in [-0.15, -0.1) is 4.89 Å². The highest BCUT2D eigenvalue weighted by molar-refractivity contribution is 6.20. The lowest BCUT2D eigenvalue weighted by atomic mass is 10.8. The van der Waals surface area contributed by atoms with Crippen molar-refractivity contribution in [2.45, 2.75) is 18.8 Å². The monoisotopic (exact) mass is 164 g/mol. The zero-order valence-corrected chi connectivity index (χ0v) is 5.16. The van der Waals surface area contributed by atoms with Crippen LogP contribution in [0.3, 0.4) is 0 Å². The Kier molecular flexibility index (Phi) is 3.24. The van der Waals surface area contributed by atoms with Crippen LogP contribution in [0.5, 0.6) is 0 Å². The second-order valence-electron chi connectivity index (χ2n) is 1.17. The Morgan fingerprint density at radius 1 is 1.56 bits per heavy atom. The molecule has 1 atom stereocenters. The van der Waals surface area contributed by atoms with Gasteiger partial charge in [0.1, 0.15) is 0 Å². The van der Waals surface area contributed by atoms with Crippen LogP contribution in [-0.2, 0) is 9.78 Å². The Labute approximate surface area is 54.4 Å². The molecule has 9 heavy (non-hydrogen) atoms. The minimum atomic E-state index is -3.96. The summed E-state index contributed by atoms with van der Waals surface area (Å²) in [5, 5.41) is 0. The van der Waals surface area contributed by atoms with Gasteiger partial charge in [0, 0.05) is 0 Å². The van der Waals surface area contributed by atoms with Crippen LogP contribution in [0.25, 0.3) is 0 Å². The van der Waals surface area contributed by atoms with Gasteiger partial charge in [0.25, 0.3) is 0 Å². The molecule has 0 N–H and O–H groups in total. The Bertz CT molecular complexity index is 81.6. The number of rotatable bonds is 3. The molecule has 1 unspecified atom stereocenters. The van der Waals surface area contributed by atoms with Crippen LogP contribution in [0, 0.1) is 0 Å². The van der Waals surface area contributed by atoms with Crippen molar-refractivity contribution in [3.63, 3.8) is 0 Å². The predicted molar refractivity (Wildman–Crippen MR) is 23.5 cm³/mol. The summed E-state index contributed by atoms with van der Waals surface area (Å²) in [4.78, 5) is 6.41. The molecule has 0 radical (unpaired) electrons. The minimum absolute atomic E-state index is 0.878. The molecule has 0 spiro atoms. The van der Waals surface area contributed by atoms with Gasteiger partial charge in [0.05, 0.1) is 0 Å². The second kappa shape index (κ2) is 3.24. The van der Waals surface area contributed by atoms with Gasteiger partial charge in [-0.2, -0.15) is 13.7 Å². The van der Waals surface area contributed by atoms with Gasteiger partial charge in [-0.25, -0.2) is 4.39 Å². The summed E-state index contributed by atoms with van der Waals surface area (Å²) < 4.78 is 34.2. The predicted octanol–water partition coefficient (Wildman–Crippen LogP) is 2.04. The second-order valence-corrected chi connectivity index (χ2v) is 1.61. The van der Waals surface area contributed by atoms with E-state index in [0.29, 0.717) is 0 Å². The van der Waals surface area contributed by atoms with Crippen LogP contribution in [-0.4, -0.2) is 11.9 Å². The van der Waals surface area contributed by atoms with Crippen LogP contribution in [0.15, 0.2) is 0 Å². The number of hydrogen-bond donors (Lipinski definition) is 0. The highest BCUT2D eigenvalue weighted by Gasteiger charge is 2.28. The summed E-state index contributed by atoms with van der Waals surface area (Å²) in [5.74, 6) is 0. The molecule has 0 heterocycles. The zero-order chi connectivity index (χ0) is 7.49. The molecule has 0 rings (SSSR count). The van der Waals surface area contributed by atoms with E-state index in [9.17, 15) is 13.2 Å². The standard InChI is InChI=1S/C3H4ClF3O2/c1-2(5)8-9-3(4,6)7/h2H,1H3. The van der Waals surface area contributed by atoms with Crippen molar-refractivity contribution >= 4 is 11.6 Å². The molecule has 0 saturated heterocycles. The maximum atomic E-state index is 11.5. The molecule has 56 valence electrons. The van der Waals surface area contributed by atoms with E-state index in [1.807, 2.05) is 0 Å². The molecule has 2 nitrogen and oxygen atoms in total. The molecule has 0 aromatic rings. The number of alkyl halides is 4. The molecule has 0 bridgehead atoms. The Morgan fingerprint density at radius 2 is 2.00 bits per heavy atom. The SMILES string of the molecule is CC(F)OOC(F)(F)Cl. The van der Waals surface area contributed by atoms with E-state index in [2.05, 4.69) is 21.4 Å². The van der Waals surface area contributed by atoms with Crippen LogP contribution >= 0.6 is 11.6 Å². The topological polar surface area (TPSA) is 18.5 Å². The fourth-order valence-electron chi connectivity index (χ4n) is 0.121. The highest BCUT2D eigenvalue weighted by Crippen LogP contribution is 2.20. The average molecular weight is 165 g/mol. The van der Waals surface area contributed by atoms with Crippen molar-refractivity contribution < 1.29 is 22.9 Å². The Balaban J connectivity index is 3.28. The van der Waals surface area contributed by atoms with Gasteiger partial charge in [-0.1, -0.05) is 0 Å². The fraction of sp³-hybridized carbons (Fsp3) is 1.00. The summed E-state index contributed by atoms with van der Waals surface area (Å²) in [6.45, 7) is 0.878. The van der Waals surface area contributed by atoms with Gasteiger partial charge in [-0.3, -0.25) is 0 Å². The molecule has 0 amide bonds. The summed E-state index contributed by atoms with van der Waals surface area (Å²) in [6.07, 6.45) is -1.92. The van der Waals surface area contributed by atoms with Gasteiger partial charge < -0.3 is 0 Å². The number of halogens is 4. The van der Waals surface area contributed by atoms with Gasteiger partial charge >= 0.3 is 5.57 Å². The molecule has 0 aromatic heterocycles. The lowest BCUT2D eigenvalue weighted by molar-refractivity contribution is -0.437. The van der Waals surface area contributed by atoms with E-state index in [-0.39, 0.29) is 0 Å². The quantitative estimate of drug-likeness (QED) is 0.361. The molecule has 6 heteroatoms. The van der Waals surface area contributed by atoms with Gasteiger partial charge in [0.2, 0.25) is 6.36 Å². The fourth-order valence-corrected chi connectivity index (χ4v) is 0.157. The van der Waals surface area contributed by atoms with Gasteiger partial charge in [0.15, 0.2) is 0 Å². The number of hydrogen-bond acceptors (Lipinski definition) is 2. The van der Waals surface area contributed by atoms with E-state index in [4.69, 9.17) is 0 Å². The molecule has 0 aliphatic rings. The average Bonchev–Trinajstić information content (AvgIpc) is 1.59. The zero-order valence-electron chi connectivity index (χ0n) is 4.41. The highest BCUT2D eigenvalue weighted by atomic mass is 35.5. The third kappa shape index (κ3) is 8.00. The first-order chi connectivity index (χ1) is 3.92. The third-order valence-electron chi connectivity index (χ3n) is 0.275. The van der Waals surface area contributed by atoms with Crippen molar-refractivity contribution in [2.24, 2.45) is 0 Å². The first-order valence-electron chi connectivity index (χ1n) is 1.97. The van der Waals surface area contributed by atoms with Crippen LogP contribution in [0.1, 0.15) is 6.92 Å². The molecular weight excluding hydrogens is 160 g/mol. The molecule has 0 aromatic carbocycles. The van der Waals surface area contributed by atoms with E-state index in [1.54, 1.807) is 0 Å². The first-order valence-corrected chi connectivity index (χ1v) is 2.35. The summed E-state index contributed by atoms with van der Waals surface area (Å²) in [7, 11) is 0. The molecule has 0 saturated carbocycles. The van der Waals surface area contributed by atoms with Crippen molar-refractivity contribution in [2.75, 3.05) is 0 Å². The van der Waals surface area contributed by atoms with Crippen LogP contribution in [0.2, 0.25) is 0 Å². The van der Waals surface area contributed by atoms with Crippen molar-refractivity contribution in [3.8, 4) is 0 Å². The van der Waals surface area contributed by atoms with Crippen LogP contribution < -0.4 is 0 Å². The lowest BCUT2D eigenvalue weighted by Crippen LogP contribution is -2.15. The largest absolute Gasteiger partial charge is 0.466 e. The summed E-state index contributed by atoms with van der Waals surface area (Å²) in [6, 6.07) is 0. The van der Waals surface area contributed by atoms with E-state index < -0.39 is 11.9 Å². The first kappa shape index (κ1) is 9.00. The lowest BCUT2D eigenvalue weighted by Gasteiger charge is -2.07. The molecular formula is C3H4ClF3O2. The smallest absolute Gasteiger partial charge is 0.213 e. The Hall–Kier alpha value is -0.0000000000000000555. The summed E-state index contributed by atoms with van der Waals surface area (Å²) in [5.41, 5.74) is -3.96. The minimum Gasteiger partial charge on any atom is -0.213 e. The third-order valence-corrected chi connectivity index (χ3v) is 0.338. The maximum Gasteiger partial charge on any atom is 0.466 e. The summed E-state index contributed by atoms with van der Waals surface area (Å²) >= 11 is 4.13. The molecule has 0 fully saturated rings. The van der Waals surface area contributed by atoms with E-state index in [1.165, 1.54) is 0 Å². The van der Waals surface area contributed by atoms with E-state index in [0.717, 1.165) is 6.92 Å². The maximum absolute atomic E-state index is 11.5. The van der Waals surface area contributed by atoms with Crippen LogP contribution in [0.4, 0.5) is 13.2 Å². The molecule has 0 aliphatic carbocycles. The van der Waals surface area contributed by atoms with Crippen molar-refractivity contribution in [1.82, 2.24) is 0 Å².